The summed E-state index contributed by atoms with van der Waals surface area (Å²) in [5.41, 5.74) is 5.66. The number of nitrogen functional groups attached to an aromatic ring is 1. The molecule has 1 aromatic rings. The summed E-state index contributed by atoms with van der Waals surface area (Å²) < 4.78 is 5.10. The second kappa shape index (κ2) is 5.76. The van der Waals surface area contributed by atoms with Crippen LogP contribution in [0.1, 0.15) is 30.8 Å². The second-order valence-electron chi connectivity index (χ2n) is 3.48. The van der Waals surface area contributed by atoms with E-state index in [0.29, 0.717) is 6.42 Å². The summed E-state index contributed by atoms with van der Waals surface area (Å²) in [7, 11) is 0. The normalized spacial score (nSPS) is 12.3. The molecule has 1 aromatic heterocycles. The van der Waals surface area contributed by atoms with Crippen LogP contribution >= 0.6 is 34.8 Å². The number of H-pyrrole nitrogens is 1. The van der Waals surface area contributed by atoms with E-state index in [1.54, 1.807) is 6.92 Å². The van der Waals surface area contributed by atoms with Crippen molar-refractivity contribution in [3.8, 4) is 0 Å². The van der Waals surface area contributed by atoms with E-state index in [1.807, 2.05) is 6.92 Å². The van der Waals surface area contributed by atoms with E-state index in [9.17, 15) is 4.79 Å². The molecular weight excluding hydrogens is 286 g/mol. The van der Waals surface area contributed by atoms with Crippen molar-refractivity contribution >= 4 is 46.5 Å². The summed E-state index contributed by atoms with van der Waals surface area (Å²) in [6.07, 6.45) is 0.475. The molecule has 0 aliphatic rings. The Morgan fingerprint density at radius 1 is 1.41 bits per heavy atom. The first-order valence-electron chi connectivity index (χ1n) is 4.94. The molecule has 17 heavy (non-hydrogen) atoms. The van der Waals surface area contributed by atoms with Crippen molar-refractivity contribution in [2.45, 2.75) is 26.4 Å². The van der Waals surface area contributed by atoms with Gasteiger partial charge in [-0.25, -0.2) is 4.79 Å². The first kappa shape index (κ1) is 14.4. The number of hydrogen-bond acceptors (Lipinski definition) is 3. The molecule has 1 atom stereocenters. The highest BCUT2D eigenvalue weighted by atomic mass is 35.5. The van der Waals surface area contributed by atoms with E-state index in [2.05, 4.69) is 4.98 Å². The van der Waals surface area contributed by atoms with Gasteiger partial charge < -0.3 is 10.5 Å². The zero-order chi connectivity index (χ0) is 13.2. The molecule has 0 saturated carbocycles. The number of carbonyl (C=O) groups excluding carboxylic acids is 1. The number of halogens is 3. The quantitative estimate of drug-likeness (QED) is 0.689. The van der Waals surface area contributed by atoms with Gasteiger partial charge in [-0.3, -0.25) is 0 Å². The van der Waals surface area contributed by atoms with Gasteiger partial charge >= 0.3 is 11.7 Å². The lowest BCUT2D eigenvalue weighted by molar-refractivity contribution is -0.380. The molecule has 0 bridgehead atoms. The van der Waals surface area contributed by atoms with Crippen LogP contribution in [0, 0.1) is 0 Å². The van der Waals surface area contributed by atoms with E-state index in [0.717, 1.165) is 0 Å². The molecule has 94 valence electrons. The van der Waals surface area contributed by atoms with E-state index >= 15 is 0 Å². The van der Waals surface area contributed by atoms with Crippen LogP contribution in [-0.4, -0.2) is 12.1 Å². The molecule has 3 N–H and O–H groups in total. The monoisotopic (exact) mass is 297 g/mol. The maximum absolute atomic E-state index is 11.8. The van der Waals surface area contributed by atoms with Crippen LogP contribution < -0.4 is 10.7 Å². The number of rotatable bonds is 3. The average Bonchev–Trinajstić information content (AvgIpc) is 2.30. The van der Waals surface area contributed by atoms with E-state index in [1.165, 1.54) is 0 Å². The van der Waals surface area contributed by atoms with Crippen LogP contribution in [0.15, 0.2) is 0 Å². The number of hydrogen-bond donors (Lipinski definition) is 1. The molecule has 1 rings (SSSR count). The van der Waals surface area contributed by atoms with Gasteiger partial charge in [-0.15, -0.1) is 0 Å². The van der Waals surface area contributed by atoms with Gasteiger partial charge in [0, 0.05) is 0 Å². The number of aromatic amines is 1. The molecule has 0 radical (unpaired) electrons. The molecule has 0 saturated heterocycles. The number of ether oxygens (including phenoxy) is 1. The fraction of sp³-hybridized carbons (Fsp3) is 0.400. The van der Waals surface area contributed by atoms with Crippen molar-refractivity contribution < 1.29 is 14.5 Å². The number of anilines is 1. The minimum atomic E-state index is -0.616. The van der Waals surface area contributed by atoms with Gasteiger partial charge in [0.05, 0.1) is 11.8 Å². The Morgan fingerprint density at radius 3 is 2.53 bits per heavy atom. The topological polar surface area (TPSA) is 66.5 Å². The highest BCUT2D eigenvalue weighted by Crippen LogP contribution is 2.32. The molecule has 0 amide bonds. The molecule has 0 fully saturated rings. The van der Waals surface area contributed by atoms with Crippen LogP contribution in [0.3, 0.4) is 0 Å². The Morgan fingerprint density at radius 2 is 2.00 bits per heavy atom. The Labute approximate surface area is 114 Å². The lowest BCUT2D eigenvalue weighted by Gasteiger charge is -2.09. The fourth-order valence-electron chi connectivity index (χ4n) is 1.03. The van der Waals surface area contributed by atoms with Gasteiger partial charge in [0.2, 0.25) is 0 Å². The van der Waals surface area contributed by atoms with Crippen molar-refractivity contribution in [3.05, 3.63) is 20.9 Å². The van der Waals surface area contributed by atoms with Gasteiger partial charge in [0.1, 0.15) is 10.0 Å². The molecule has 1 heterocycles. The summed E-state index contributed by atoms with van der Waals surface area (Å²) in [6, 6.07) is 0. The van der Waals surface area contributed by atoms with Crippen LogP contribution in [-0.2, 0) is 4.74 Å². The van der Waals surface area contributed by atoms with Gasteiger partial charge in [-0.1, -0.05) is 30.1 Å². The zero-order valence-corrected chi connectivity index (χ0v) is 11.6. The molecule has 0 unspecified atom stereocenters. The smallest absolute Gasteiger partial charge is 0.405 e. The third kappa shape index (κ3) is 3.15. The first-order chi connectivity index (χ1) is 7.88. The summed E-state index contributed by atoms with van der Waals surface area (Å²) in [4.78, 5) is 14.3. The Kier molecular flexibility index (Phi) is 4.86. The average molecular weight is 299 g/mol. The fourth-order valence-corrected chi connectivity index (χ4v) is 1.64. The predicted molar refractivity (Wildman–Crippen MR) is 67.6 cm³/mol. The van der Waals surface area contributed by atoms with Crippen molar-refractivity contribution in [1.29, 1.82) is 0 Å². The molecule has 0 aromatic carbocycles. The number of carbonyl (C=O) groups is 1. The third-order valence-corrected chi connectivity index (χ3v) is 3.37. The van der Waals surface area contributed by atoms with Gasteiger partial charge in [0.15, 0.2) is 0 Å². The number of esters is 1. The molecule has 0 aliphatic carbocycles. The summed E-state index contributed by atoms with van der Waals surface area (Å²) >= 11 is 17.4. The van der Waals surface area contributed by atoms with Crippen LogP contribution in [0.25, 0.3) is 0 Å². The van der Waals surface area contributed by atoms with Gasteiger partial charge in [0.25, 0.3) is 5.15 Å². The maximum atomic E-state index is 11.8. The maximum Gasteiger partial charge on any atom is 0.405 e. The minimum absolute atomic E-state index is 0.00105. The molecule has 0 aliphatic heterocycles. The van der Waals surface area contributed by atoms with Gasteiger partial charge in [-0.05, 0) is 24.9 Å². The summed E-state index contributed by atoms with van der Waals surface area (Å²) in [6.45, 7) is 3.67. The van der Waals surface area contributed by atoms with Gasteiger partial charge in [-0.2, -0.15) is 4.98 Å². The van der Waals surface area contributed by atoms with Crippen molar-refractivity contribution in [1.82, 2.24) is 0 Å². The van der Waals surface area contributed by atoms with E-state index in [-0.39, 0.29) is 32.7 Å². The molecule has 4 nitrogen and oxygen atoms in total. The summed E-state index contributed by atoms with van der Waals surface area (Å²) in [5.74, 6) is -0.616. The highest BCUT2D eigenvalue weighted by Gasteiger charge is 2.28. The number of nitrogens with one attached hydrogen (secondary N) is 1. The Balaban J connectivity index is 3.11. The van der Waals surface area contributed by atoms with E-state index < -0.39 is 5.97 Å². The van der Waals surface area contributed by atoms with E-state index in [4.69, 9.17) is 45.3 Å². The Bertz CT molecular complexity index is 452. The third-order valence-electron chi connectivity index (χ3n) is 2.21. The van der Waals surface area contributed by atoms with Crippen LogP contribution in [0.2, 0.25) is 15.2 Å². The Hall–Kier alpha value is -0.710. The van der Waals surface area contributed by atoms with Crippen LogP contribution in [0.4, 0.5) is 5.69 Å². The molecule has 0 spiro atoms. The summed E-state index contributed by atoms with van der Waals surface area (Å²) in [5, 5.41) is 0.133. The molecule has 7 heteroatoms. The highest BCUT2D eigenvalue weighted by molar-refractivity contribution is 6.45. The first-order valence-corrected chi connectivity index (χ1v) is 6.08. The number of nitrogens with two attached hydrogens (primary N) is 1. The predicted octanol–water partition coefficient (Wildman–Crippen LogP) is 3.00. The van der Waals surface area contributed by atoms with Crippen LogP contribution in [0.5, 0.6) is 0 Å². The second-order valence-corrected chi connectivity index (χ2v) is 4.61. The lowest BCUT2D eigenvalue weighted by atomic mass is 10.3. The molecular formula is C10H12Cl3N2O2+. The number of pyridine rings is 1. The zero-order valence-electron chi connectivity index (χ0n) is 9.31. The van der Waals surface area contributed by atoms with Crippen molar-refractivity contribution in [3.63, 3.8) is 0 Å². The van der Waals surface area contributed by atoms with Crippen molar-refractivity contribution in [2.75, 3.05) is 5.73 Å². The SMILES string of the molecule is CC[C@@H](C)OC(=O)c1[nH+]c(Cl)c(Cl)c(N)c1Cl. The number of aromatic nitrogens is 1. The largest absolute Gasteiger partial charge is 0.455 e. The standard InChI is InChI=1S/C10H11Cl3N2O2/c1-3-4(2)17-10(16)8-5(11)7(14)6(12)9(13)15-8/h4H,3H2,1-2H3,(H2,14,15)/p+1/t4-/m1/s1. The lowest BCUT2D eigenvalue weighted by Crippen LogP contribution is -2.24. The van der Waals surface area contributed by atoms with Crippen molar-refractivity contribution in [2.24, 2.45) is 0 Å². The minimum Gasteiger partial charge on any atom is -0.455 e.